The quantitative estimate of drug-likeness (QED) is 0.682. The molecule has 0 saturated heterocycles. The lowest BCUT2D eigenvalue weighted by atomic mass is 10.2. The van der Waals surface area contributed by atoms with Crippen molar-refractivity contribution in [3.63, 3.8) is 0 Å². The number of amides is 1. The average Bonchev–Trinajstić information content (AvgIpc) is 2.34. The number of pyridine rings is 1. The minimum absolute atomic E-state index is 0.0491. The Morgan fingerprint density at radius 2 is 2.12 bits per heavy atom. The molecule has 0 aliphatic rings. The molecule has 0 bridgehead atoms. The molecular weight excluding hydrogens is 202 g/mol. The van der Waals surface area contributed by atoms with E-state index in [1.807, 2.05) is 0 Å². The summed E-state index contributed by atoms with van der Waals surface area (Å²) in [5.41, 5.74) is 6.01. The molecule has 4 heteroatoms. The van der Waals surface area contributed by atoms with E-state index < -0.39 is 0 Å². The van der Waals surface area contributed by atoms with Gasteiger partial charge in [0.05, 0.1) is 5.56 Å². The predicted octanol–water partition coefficient (Wildman–Crippen LogP) is 1.33. The molecule has 0 saturated carbocycles. The Kier molecular flexibility index (Phi) is 6.18. The number of carbonyl (C=O) groups is 1. The van der Waals surface area contributed by atoms with Crippen molar-refractivity contribution in [2.45, 2.75) is 25.7 Å². The molecule has 0 fully saturated rings. The lowest BCUT2D eigenvalue weighted by Gasteiger charge is -2.04. The lowest BCUT2D eigenvalue weighted by Crippen LogP contribution is -2.24. The molecule has 0 unspecified atom stereocenters. The number of nitrogens with one attached hydrogen (secondary N) is 1. The molecule has 88 valence electrons. The van der Waals surface area contributed by atoms with E-state index >= 15 is 0 Å². The maximum Gasteiger partial charge on any atom is 0.252 e. The van der Waals surface area contributed by atoms with Crippen molar-refractivity contribution in [3.8, 4) is 0 Å². The number of nitrogens with two attached hydrogens (primary N) is 1. The molecule has 1 heterocycles. The number of unbranched alkanes of at least 4 members (excludes halogenated alkanes) is 3. The Morgan fingerprint density at radius 1 is 1.31 bits per heavy atom. The summed E-state index contributed by atoms with van der Waals surface area (Å²) in [6.45, 7) is 1.47. The molecule has 0 atom stereocenters. The molecule has 0 aliphatic heterocycles. The zero-order chi connectivity index (χ0) is 11.6. The molecule has 0 radical (unpaired) electrons. The second kappa shape index (κ2) is 7.82. The standard InChI is InChI=1S/C12H19N3O/c13-7-3-1-2-4-9-15-12(16)11-6-5-8-14-10-11/h5-6,8,10H,1-4,7,9,13H2,(H,15,16). The van der Waals surface area contributed by atoms with Gasteiger partial charge in [-0.05, 0) is 31.5 Å². The minimum atomic E-state index is -0.0491. The van der Waals surface area contributed by atoms with Crippen LogP contribution in [0, 0.1) is 0 Å². The van der Waals surface area contributed by atoms with Crippen LogP contribution in [0.4, 0.5) is 0 Å². The van der Waals surface area contributed by atoms with Crippen molar-refractivity contribution in [1.29, 1.82) is 0 Å². The summed E-state index contributed by atoms with van der Waals surface area (Å²) in [6.07, 6.45) is 7.56. The van der Waals surface area contributed by atoms with Crippen LogP contribution in [0.25, 0.3) is 0 Å². The summed E-state index contributed by atoms with van der Waals surface area (Å²) in [5.74, 6) is -0.0491. The molecule has 1 aromatic heterocycles. The molecule has 4 nitrogen and oxygen atoms in total. The van der Waals surface area contributed by atoms with Crippen molar-refractivity contribution in [3.05, 3.63) is 30.1 Å². The van der Waals surface area contributed by atoms with Crippen molar-refractivity contribution in [2.75, 3.05) is 13.1 Å². The summed E-state index contributed by atoms with van der Waals surface area (Å²) in [6, 6.07) is 3.52. The van der Waals surface area contributed by atoms with Gasteiger partial charge in [-0.2, -0.15) is 0 Å². The van der Waals surface area contributed by atoms with Gasteiger partial charge in [0.25, 0.3) is 5.91 Å². The highest BCUT2D eigenvalue weighted by Gasteiger charge is 2.02. The van der Waals surface area contributed by atoms with Gasteiger partial charge in [0.1, 0.15) is 0 Å². The van der Waals surface area contributed by atoms with E-state index in [1.54, 1.807) is 24.5 Å². The number of hydrogen-bond acceptors (Lipinski definition) is 3. The summed E-state index contributed by atoms with van der Waals surface area (Å²) in [5, 5.41) is 2.87. The van der Waals surface area contributed by atoms with Crippen LogP contribution in [-0.2, 0) is 0 Å². The van der Waals surface area contributed by atoms with Crippen LogP contribution in [0.15, 0.2) is 24.5 Å². The highest BCUT2D eigenvalue weighted by molar-refractivity contribution is 5.93. The van der Waals surface area contributed by atoms with Crippen LogP contribution in [0.2, 0.25) is 0 Å². The molecule has 0 spiro atoms. The van der Waals surface area contributed by atoms with Crippen molar-refractivity contribution < 1.29 is 4.79 Å². The molecule has 1 rings (SSSR count). The maximum absolute atomic E-state index is 11.6. The van der Waals surface area contributed by atoms with Gasteiger partial charge >= 0.3 is 0 Å². The zero-order valence-corrected chi connectivity index (χ0v) is 9.48. The van der Waals surface area contributed by atoms with Gasteiger partial charge < -0.3 is 11.1 Å². The predicted molar refractivity (Wildman–Crippen MR) is 64.1 cm³/mol. The molecular formula is C12H19N3O. The van der Waals surface area contributed by atoms with E-state index in [9.17, 15) is 4.79 Å². The average molecular weight is 221 g/mol. The third kappa shape index (κ3) is 4.89. The van der Waals surface area contributed by atoms with E-state index in [1.165, 1.54) is 0 Å². The highest BCUT2D eigenvalue weighted by atomic mass is 16.1. The molecule has 1 amide bonds. The Bertz CT molecular complexity index is 300. The minimum Gasteiger partial charge on any atom is -0.352 e. The normalized spacial score (nSPS) is 10.1. The third-order valence-electron chi connectivity index (χ3n) is 2.34. The van der Waals surface area contributed by atoms with E-state index in [2.05, 4.69) is 10.3 Å². The van der Waals surface area contributed by atoms with Gasteiger partial charge in [-0.1, -0.05) is 12.8 Å². The van der Waals surface area contributed by atoms with E-state index in [0.717, 1.165) is 38.8 Å². The van der Waals surface area contributed by atoms with E-state index in [4.69, 9.17) is 5.73 Å². The first-order chi connectivity index (χ1) is 7.84. The fraction of sp³-hybridized carbons (Fsp3) is 0.500. The Balaban J connectivity index is 2.12. The zero-order valence-electron chi connectivity index (χ0n) is 9.48. The van der Waals surface area contributed by atoms with Gasteiger partial charge in [0.15, 0.2) is 0 Å². The Labute approximate surface area is 96.3 Å². The second-order valence-corrected chi connectivity index (χ2v) is 3.70. The SMILES string of the molecule is NCCCCCCNC(=O)c1cccnc1. The molecule has 1 aromatic rings. The van der Waals surface area contributed by atoms with Crippen LogP contribution in [0.3, 0.4) is 0 Å². The van der Waals surface area contributed by atoms with Crippen LogP contribution in [0.5, 0.6) is 0 Å². The Morgan fingerprint density at radius 3 is 2.81 bits per heavy atom. The van der Waals surface area contributed by atoms with E-state index in [0.29, 0.717) is 5.56 Å². The van der Waals surface area contributed by atoms with Crippen molar-refractivity contribution in [1.82, 2.24) is 10.3 Å². The van der Waals surface area contributed by atoms with Crippen LogP contribution in [0.1, 0.15) is 36.0 Å². The Hall–Kier alpha value is -1.42. The van der Waals surface area contributed by atoms with E-state index in [-0.39, 0.29) is 5.91 Å². The summed E-state index contributed by atoms with van der Waals surface area (Å²) in [4.78, 5) is 15.5. The second-order valence-electron chi connectivity index (χ2n) is 3.70. The smallest absolute Gasteiger partial charge is 0.252 e. The molecule has 0 aliphatic carbocycles. The molecule has 0 aromatic carbocycles. The number of aromatic nitrogens is 1. The largest absolute Gasteiger partial charge is 0.352 e. The first kappa shape index (κ1) is 12.6. The van der Waals surface area contributed by atoms with Gasteiger partial charge in [-0.25, -0.2) is 0 Å². The number of carbonyl (C=O) groups excluding carboxylic acids is 1. The van der Waals surface area contributed by atoms with Crippen molar-refractivity contribution in [2.24, 2.45) is 5.73 Å². The number of hydrogen-bond donors (Lipinski definition) is 2. The summed E-state index contributed by atoms with van der Waals surface area (Å²) < 4.78 is 0. The van der Waals surface area contributed by atoms with Crippen LogP contribution in [-0.4, -0.2) is 24.0 Å². The molecule has 3 N–H and O–H groups in total. The van der Waals surface area contributed by atoms with Crippen molar-refractivity contribution >= 4 is 5.91 Å². The number of rotatable bonds is 7. The van der Waals surface area contributed by atoms with Gasteiger partial charge in [-0.15, -0.1) is 0 Å². The maximum atomic E-state index is 11.6. The fourth-order valence-corrected chi connectivity index (χ4v) is 1.42. The first-order valence-electron chi connectivity index (χ1n) is 5.73. The van der Waals surface area contributed by atoms with Crippen LogP contribution >= 0.6 is 0 Å². The highest BCUT2D eigenvalue weighted by Crippen LogP contribution is 1.98. The lowest BCUT2D eigenvalue weighted by molar-refractivity contribution is 0.0952. The summed E-state index contributed by atoms with van der Waals surface area (Å²) >= 11 is 0. The van der Waals surface area contributed by atoms with Gasteiger partial charge in [-0.3, -0.25) is 9.78 Å². The molecule has 16 heavy (non-hydrogen) atoms. The van der Waals surface area contributed by atoms with Crippen LogP contribution < -0.4 is 11.1 Å². The monoisotopic (exact) mass is 221 g/mol. The summed E-state index contributed by atoms with van der Waals surface area (Å²) in [7, 11) is 0. The first-order valence-corrected chi connectivity index (χ1v) is 5.73. The van der Waals surface area contributed by atoms with Gasteiger partial charge in [0.2, 0.25) is 0 Å². The topological polar surface area (TPSA) is 68.0 Å². The van der Waals surface area contributed by atoms with Gasteiger partial charge in [0, 0.05) is 18.9 Å². The number of nitrogens with zero attached hydrogens (tertiary/aromatic N) is 1. The third-order valence-corrected chi connectivity index (χ3v) is 2.34. The fourth-order valence-electron chi connectivity index (χ4n) is 1.42.